The molecule has 1 unspecified atom stereocenters. The molecule has 1 rings (SSSR count). The number of hydrogen-bond acceptors (Lipinski definition) is 3. The van der Waals surface area contributed by atoms with Gasteiger partial charge in [-0.05, 0) is 26.8 Å². The molecule has 0 bridgehead atoms. The molecule has 0 spiro atoms. The maximum absolute atomic E-state index is 12.5. The molecule has 1 saturated heterocycles. The number of likely N-dealkylation sites (tertiary alicyclic amines) is 1. The molecule has 2 amide bonds. The van der Waals surface area contributed by atoms with Crippen LogP contribution in [-0.2, 0) is 9.59 Å². The van der Waals surface area contributed by atoms with Gasteiger partial charge in [0.25, 0.3) is 0 Å². The Morgan fingerprint density at radius 2 is 2.05 bits per heavy atom. The molecule has 1 aliphatic rings. The van der Waals surface area contributed by atoms with Crippen LogP contribution in [0.25, 0.3) is 0 Å². The second kappa shape index (κ2) is 7.63. The first-order valence-electron chi connectivity index (χ1n) is 7.06. The molecule has 1 aliphatic heterocycles. The number of alkyl halides is 3. The van der Waals surface area contributed by atoms with Crippen molar-refractivity contribution in [3.8, 4) is 0 Å². The summed E-state index contributed by atoms with van der Waals surface area (Å²) in [4.78, 5) is 26.4. The first kappa shape index (κ1) is 17.7. The van der Waals surface area contributed by atoms with Crippen molar-refractivity contribution in [3.63, 3.8) is 0 Å². The molecule has 122 valence electrons. The van der Waals surface area contributed by atoms with Crippen LogP contribution >= 0.6 is 0 Å². The lowest BCUT2D eigenvalue weighted by Crippen LogP contribution is -2.49. The number of likely N-dealkylation sites (N-methyl/N-ethyl adjacent to an activating group) is 1. The van der Waals surface area contributed by atoms with Gasteiger partial charge in [-0.1, -0.05) is 0 Å². The van der Waals surface area contributed by atoms with Gasteiger partial charge >= 0.3 is 6.18 Å². The van der Waals surface area contributed by atoms with Crippen LogP contribution in [0.15, 0.2) is 0 Å². The van der Waals surface area contributed by atoms with Gasteiger partial charge in [-0.3, -0.25) is 9.59 Å². The number of carbonyl (C=O) groups is 2. The second-order valence-corrected chi connectivity index (χ2v) is 5.18. The molecule has 8 heteroatoms. The Morgan fingerprint density at radius 3 is 2.57 bits per heavy atom. The fourth-order valence-electron chi connectivity index (χ4n) is 2.49. The van der Waals surface area contributed by atoms with Crippen molar-refractivity contribution in [1.29, 1.82) is 0 Å². The highest BCUT2D eigenvalue weighted by atomic mass is 19.4. The molecule has 1 N–H and O–H groups in total. The van der Waals surface area contributed by atoms with Crippen molar-refractivity contribution in [2.45, 2.75) is 25.9 Å². The number of nitrogens with one attached hydrogen (secondary N) is 1. The highest BCUT2D eigenvalue weighted by Crippen LogP contribution is 2.22. The molecular formula is C13H22F3N3O2. The Labute approximate surface area is 122 Å². The topological polar surface area (TPSA) is 52.7 Å². The van der Waals surface area contributed by atoms with Gasteiger partial charge in [0.05, 0.1) is 12.5 Å². The second-order valence-electron chi connectivity index (χ2n) is 5.18. The summed E-state index contributed by atoms with van der Waals surface area (Å²) in [5.41, 5.74) is 0. The standard InChI is InChI=1S/C13H22F3N3O2/c1-3-18(9-13(14,15)16)12(21)10-5-4-6-19(8-10)11(20)7-17-2/h10,17H,3-9H2,1-2H3. The number of piperidine rings is 1. The van der Waals surface area contributed by atoms with Gasteiger partial charge in [-0.2, -0.15) is 13.2 Å². The highest BCUT2D eigenvalue weighted by molar-refractivity contribution is 5.82. The molecule has 1 fully saturated rings. The van der Waals surface area contributed by atoms with Crippen LogP contribution in [0, 0.1) is 5.92 Å². The van der Waals surface area contributed by atoms with Crippen LogP contribution in [0.3, 0.4) is 0 Å². The maximum Gasteiger partial charge on any atom is 0.406 e. The van der Waals surface area contributed by atoms with E-state index in [2.05, 4.69) is 5.32 Å². The number of nitrogens with zero attached hydrogens (tertiary/aromatic N) is 2. The molecule has 1 heterocycles. The minimum atomic E-state index is -4.40. The Hall–Kier alpha value is -1.31. The number of hydrogen-bond donors (Lipinski definition) is 1. The minimum Gasteiger partial charge on any atom is -0.341 e. The molecule has 0 radical (unpaired) electrons. The summed E-state index contributed by atoms with van der Waals surface area (Å²) in [5.74, 6) is -1.19. The first-order valence-corrected chi connectivity index (χ1v) is 7.06. The molecular weight excluding hydrogens is 287 g/mol. The summed E-state index contributed by atoms with van der Waals surface area (Å²) in [7, 11) is 1.65. The minimum absolute atomic E-state index is 0.0132. The van der Waals surface area contributed by atoms with Crippen LogP contribution < -0.4 is 5.32 Å². The number of rotatable bonds is 5. The van der Waals surface area contributed by atoms with E-state index in [1.807, 2.05) is 0 Å². The predicted molar refractivity (Wildman–Crippen MR) is 71.5 cm³/mol. The van der Waals surface area contributed by atoms with Crippen molar-refractivity contribution >= 4 is 11.8 Å². The van der Waals surface area contributed by atoms with Crippen LogP contribution in [-0.4, -0.2) is 67.6 Å². The highest BCUT2D eigenvalue weighted by Gasteiger charge is 2.36. The molecule has 5 nitrogen and oxygen atoms in total. The average Bonchev–Trinajstić information content (AvgIpc) is 2.43. The van der Waals surface area contributed by atoms with Gasteiger partial charge < -0.3 is 15.1 Å². The lowest BCUT2D eigenvalue weighted by Gasteiger charge is -2.35. The van der Waals surface area contributed by atoms with Crippen molar-refractivity contribution < 1.29 is 22.8 Å². The summed E-state index contributed by atoms with van der Waals surface area (Å²) >= 11 is 0. The Bertz CT molecular complexity index is 374. The summed E-state index contributed by atoms with van der Waals surface area (Å²) in [6.07, 6.45) is -3.24. The average molecular weight is 309 g/mol. The third-order valence-electron chi connectivity index (χ3n) is 3.51. The lowest BCUT2D eigenvalue weighted by molar-refractivity contribution is -0.164. The van der Waals surface area contributed by atoms with E-state index in [0.717, 1.165) is 4.90 Å². The zero-order chi connectivity index (χ0) is 16.0. The van der Waals surface area contributed by atoms with Crippen LogP contribution in [0.4, 0.5) is 13.2 Å². The summed E-state index contributed by atoms with van der Waals surface area (Å²) in [5, 5.41) is 2.74. The van der Waals surface area contributed by atoms with Crippen molar-refractivity contribution in [2.24, 2.45) is 5.92 Å². The number of halogens is 3. The number of amides is 2. The quantitative estimate of drug-likeness (QED) is 0.819. The third-order valence-corrected chi connectivity index (χ3v) is 3.51. The molecule has 0 saturated carbocycles. The molecule has 1 atom stereocenters. The van der Waals surface area contributed by atoms with E-state index in [4.69, 9.17) is 0 Å². The summed E-state index contributed by atoms with van der Waals surface area (Å²) in [6, 6.07) is 0. The van der Waals surface area contributed by atoms with Gasteiger partial charge in [0.15, 0.2) is 0 Å². The van der Waals surface area contributed by atoms with Crippen LogP contribution in [0.1, 0.15) is 19.8 Å². The Kier molecular flexibility index (Phi) is 6.44. The van der Waals surface area contributed by atoms with E-state index < -0.39 is 24.5 Å². The molecule has 0 aromatic carbocycles. The number of carbonyl (C=O) groups excluding carboxylic acids is 2. The Balaban J connectivity index is 2.65. The molecule has 0 aliphatic carbocycles. The zero-order valence-corrected chi connectivity index (χ0v) is 12.4. The fourth-order valence-corrected chi connectivity index (χ4v) is 2.49. The van der Waals surface area contributed by atoms with E-state index in [1.165, 1.54) is 6.92 Å². The van der Waals surface area contributed by atoms with Crippen LogP contribution in [0.5, 0.6) is 0 Å². The maximum atomic E-state index is 12.5. The van der Waals surface area contributed by atoms with E-state index >= 15 is 0 Å². The van der Waals surface area contributed by atoms with Crippen molar-refractivity contribution in [3.05, 3.63) is 0 Å². The van der Waals surface area contributed by atoms with Gasteiger partial charge in [-0.15, -0.1) is 0 Å². The Morgan fingerprint density at radius 1 is 1.38 bits per heavy atom. The van der Waals surface area contributed by atoms with E-state index in [0.29, 0.717) is 19.4 Å². The molecule has 0 aromatic rings. The van der Waals surface area contributed by atoms with Crippen molar-refractivity contribution in [1.82, 2.24) is 15.1 Å². The van der Waals surface area contributed by atoms with E-state index in [-0.39, 0.29) is 25.5 Å². The van der Waals surface area contributed by atoms with E-state index in [9.17, 15) is 22.8 Å². The smallest absolute Gasteiger partial charge is 0.341 e. The largest absolute Gasteiger partial charge is 0.406 e. The van der Waals surface area contributed by atoms with Crippen LogP contribution in [0.2, 0.25) is 0 Å². The van der Waals surface area contributed by atoms with E-state index in [1.54, 1.807) is 11.9 Å². The molecule has 21 heavy (non-hydrogen) atoms. The fraction of sp³-hybridized carbons (Fsp3) is 0.846. The SMILES string of the molecule is CCN(CC(F)(F)F)C(=O)C1CCCN(C(=O)CNC)C1. The van der Waals surface area contributed by atoms with Gasteiger partial charge in [-0.25, -0.2) is 0 Å². The molecule has 0 aromatic heterocycles. The van der Waals surface area contributed by atoms with Gasteiger partial charge in [0.2, 0.25) is 11.8 Å². The summed E-state index contributed by atoms with van der Waals surface area (Å²) in [6.45, 7) is 1.23. The van der Waals surface area contributed by atoms with Crippen molar-refractivity contribution in [2.75, 3.05) is 39.8 Å². The normalized spacial score (nSPS) is 19.5. The summed E-state index contributed by atoms with van der Waals surface area (Å²) < 4.78 is 37.4. The zero-order valence-electron chi connectivity index (χ0n) is 12.4. The first-order chi connectivity index (χ1) is 9.78. The lowest BCUT2D eigenvalue weighted by atomic mass is 9.96. The third kappa shape index (κ3) is 5.53. The predicted octanol–water partition coefficient (Wildman–Crippen LogP) is 0.855. The van der Waals surface area contributed by atoms with Gasteiger partial charge in [0.1, 0.15) is 6.54 Å². The van der Waals surface area contributed by atoms with Gasteiger partial charge in [0, 0.05) is 19.6 Å². The monoisotopic (exact) mass is 309 g/mol.